The minimum atomic E-state index is -0.515. The van der Waals surface area contributed by atoms with Crippen molar-refractivity contribution in [3.05, 3.63) is 51.9 Å². The Kier molecular flexibility index (Phi) is 20.2. The highest BCUT2D eigenvalue weighted by Crippen LogP contribution is 2.39. The lowest BCUT2D eigenvalue weighted by Crippen LogP contribution is -2.12. The molecular weight excluding hydrogens is 548 g/mol. The Morgan fingerprint density at radius 3 is 1.84 bits per heavy atom. The van der Waals surface area contributed by atoms with Crippen molar-refractivity contribution in [2.45, 2.75) is 150 Å². The third-order valence-electron chi connectivity index (χ3n) is 8.06. The molecule has 1 aromatic heterocycles. The van der Waals surface area contributed by atoms with E-state index in [0.29, 0.717) is 35.7 Å². The first kappa shape index (κ1) is 37.5. The van der Waals surface area contributed by atoms with Crippen LogP contribution in [0.5, 0.6) is 17.2 Å². The van der Waals surface area contributed by atoms with Crippen LogP contribution in [0.25, 0.3) is 11.0 Å². The number of allylic oxidation sites excluding steroid dienone is 3. The van der Waals surface area contributed by atoms with E-state index in [4.69, 9.17) is 18.6 Å². The van der Waals surface area contributed by atoms with Crippen LogP contribution in [-0.2, 0) is 0 Å². The molecule has 2 aromatic rings. The average molecular weight is 611 g/mol. The lowest BCUT2D eigenvalue weighted by Gasteiger charge is -2.16. The van der Waals surface area contributed by atoms with Crippen LogP contribution in [0.2, 0.25) is 0 Å². The first-order valence-electron chi connectivity index (χ1n) is 17.7. The van der Waals surface area contributed by atoms with Crippen LogP contribution >= 0.6 is 0 Å². The van der Waals surface area contributed by atoms with E-state index in [1.54, 1.807) is 6.07 Å². The molecule has 0 saturated carbocycles. The van der Waals surface area contributed by atoms with E-state index in [2.05, 4.69) is 40.7 Å². The van der Waals surface area contributed by atoms with Crippen molar-refractivity contribution < 1.29 is 18.6 Å². The standard InChI is InChI=1S/C39H62O5/c1-6-8-10-12-14-16-18-20-29-41-34-26-23-27-35-36(34)37(42-30-21-19-17-15-13-11-9-7-2)38(39(40)44-35)43-31-28-33(5)25-22-24-32(3)4/h23-24,26-28H,6-22,25,29-31H2,1-5H3/b33-28+. The van der Waals surface area contributed by atoms with Crippen molar-refractivity contribution in [3.8, 4) is 17.2 Å². The molecule has 0 radical (unpaired) electrons. The van der Waals surface area contributed by atoms with Gasteiger partial charge in [-0.3, -0.25) is 0 Å². The largest absolute Gasteiger partial charge is 0.493 e. The Morgan fingerprint density at radius 1 is 0.682 bits per heavy atom. The molecule has 1 aromatic carbocycles. The summed E-state index contributed by atoms with van der Waals surface area (Å²) in [6.45, 7) is 12.3. The number of ether oxygens (including phenoxy) is 3. The van der Waals surface area contributed by atoms with E-state index < -0.39 is 5.63 Å². The van der Waals surface area contributed by atoms with E-state index in [-0.39, 0.29) is 12.4 Å². The summed E-state index contributed by atoms with van der Waals surface area (Å²) in [6, 6.07) is 5.61. The lowest BCUT2D eigenvalue weighted by atomic mass is 10.1. The first-order valence-corrected chi connectivity index (χ1v) is 17.7. The van der Waals surface area contributed by atoms with Crippen molar-refractivity contribution >= 4 is 11.0 Å². The molecule has 1 heterocycles. The van der Waals surface area contributed by atoms with Gasteiger partial charge in [0, 0.05) is 0 Å². The Balaban J connectivity index is 2.12. The van der Waals surface area contributed by atoms with E-state index >= 15 is 0 Å². The molecule has 0 N–H and O–H groups in total. The van der Waals surface area contributed by atoms with Crippen molar-refractivity contribution in [1.29, 1.82) is 0 Å². The molecule has 0 spiro atoms. The van der Waals surface area contributed by atoms with Crippen molar-refractivity contribution in [2.75, 3.05) is 19.8 Å². The van der Waals surface area contributed by atoms with Gasteiger partial charge in [0.1, 0.15) is 23.3 Å². The number of hydrogen-bond acceptors (Lipinski definition) is 5. The van der Waals surface area contributed by atoms with Gasteiger partial charge in [0.2, 0.25) is 5.75 Å². The van der Waals surface area contributed by atoms with Gasteiger partial charge in [-0.15, -0.1) is 0 Å². The zero-order valence-corrected chi connectivity index (χ0v) is 28.8. The van der Waals surface area contributed by atoms with Gasteiger partial charge in [-0.1, -0.05) is 127 Å². The molecule has 5 nitrogen and oxygen atoms in total. The summed E-state index contributed by atoms with van der Waals surface area (Å²) in [7, 11) is 0. The summed E-state index contributed by atoms with van der Waals surface area (Å²) >= 11 is 0. The average Bonchev–Trinajstić information content (AvgIpc) is 3.00. The van der Waals surface area contributed by atoms with E-state index in [9.17, 15) is 4.79 Å². The number of rotatable bonds is 26. The zero-order chi connectivity index (χ0) is 31.8. The molecule has 2 rings (SSSR count). The van der Waals surface area contributed by atoms with Crippen LogP contribution in [0, 0.1) is 0 Å². The fourth-order valence-corrected chi connectivity index (χ4v) is 5.34. The van der Waals surface area contributed by atoms with Gasteiger partial charge in [0.15, 0.2) is 5.75 Å². The van der Waals surface area contributed by atoms with Gasteiger partial charge >= 0.3 is 5.63 Å². The highest BCUT2D eigenvalue weighted by molar-refractivity contribution is 5.91. The van der Waals surface area contributed by atoms with Gasteiger partial charge in [-0.05, 0) is 64.7 Å². The molecular formula is C39H62O5. The second-order valence-electron chi connectivity index (χ2n) is 12.5. The summed E-state index contributed by atoms with van der Waals surface area (Å²) in [6.07, 6.45) is 25.9. The third-order valence-corrected chi connectivity index (χ3v) is 8.06. The number of fused-ring (bicyclic) bond motifs is 1. The Labute approximate surface area is 268 Å². The van der Waals surface area contributed by atoms with Gasteiger partial charge < -0.3 is 18.6 Å². The van der Waals surface area contributed by atoms with Crippen LogP contribution in [0.1, 0.15) is 150 Å². The smallest absolute Gasteiger partial charge is 0.383 e. The molecule has 5 heteroatoms. The predicted octanol–water partition coefficient (Wildman–Crippen LogP) is 11.9. The van der Waals surface area contributed by atoms with Crippen LogP contribution in [0.4, 0.5) is 0 Å². The lowest BCUT2D eigenvalue weighted by molar-refractivity contribution is 0.266. The second-order valence-corrected chi connectivity index (χ2v) is 12.5. The topological polar surface area (TPSA) is 57.9 Å². The van der Waals surface area contributed by atoms with E-state index in [1.165, 1.54) is 88.2 Å². The molecule has 0 aliphatic rings. The van der Waals surface area contributed by atoms with Crippen LogP contribution < -0.4 is 19.8 Å². The van der Waals surface area contributed by atoms with Gasteiger partial charge in [0.25, 0.3) is 0 Å². The maximum absolute atomic E-state index is 13.1. The van der Waals surface area contributed by atoms with Crippen LogP contribution in [0.3, 0.4) is 0 Å². The van der Waals surface area contributed by atoms with Crippen LogP contribution in [-0.4, -0.2) is 19.8 Å². The second kappa shape index (κ2) is 23.7. The summed E-state index contributed by atoms with van der Waals surface area (Å²) < 4.78 is 24.5. The number of benzene rings is 1. The van der Waals surface area contributed by atoms with E-state index in [0.717, 1.165) is 38.5 Å². The van der Waals surface area contributed by atoms with Crippen molar-refractivity contribution in [1.82, 2.24) is 0 Å². The Hall–Kier alpha value is -2.69. The zero-order valence-electron chi connectivity index (χ0n) is 28.8. The molecule has 0 fully saturated rings. The maximum atomic E-state index is 13.1. The van der Waals surface area contributed by atoms with Gasteiger partial charge in [0.05, 0.1) is 13.2 Å². The molecule has 0 unspecified atom stereocenters. The van der Waals surface area contributed by atoms with Crippen molar-refractivity contribution in [3.63, 3.8) is 0 Å². The van der Waals surface area contributed by atoms with E-state index in [1.807, 2.05) is 18.2 Å². The fraction of sp³-hybridized carbons (Fsp3) is 0.667. The fourth-order valence-electron chi connectivity index (χ4n) is 5.34. The Bertz CT molecular complexity index is 1160. The molecule has 0 amide bonds. The first-order chi connectivity index (χ1) is 21.5. The minimum Gasteiger partial charge on any atom is -0.493 e. The van der Waals surface area contributed by atoms with Crippen molar-refractivity contribution in [2.24, 2.45) is 0 Å². The Morgan fingerprint density at radius 2 is 1.25 bits per heavy atom. The molecule has 0 atom stereocenters. The predicted molar refractivity (Wildman–Crippen MR) is 187 cm³/mol. The number of hydrogen-bond donors (Lipinski definition) is 0. The SMILES string of the molecule is CCCCCCCCCCOc1cccc2oc(=O)c(OC/C=C(\C)CCC=C(C)C)c(OCCCCCCCCCC)c12. The summed E-state index contributed by atoms with van der Waals surface area (Å²) in [5.41, 5.74) is 2.50. The number of unbranched alkanes of at least 4 members (excludes halogenated alkanes) is 14. The molecule has 0 aliphatic heterocycles. The summed E-state index contributed by atoms with van der Waals surface area (Å²) in [5.74, 6) is 1.26. The molecule has 248 valence electrons. The minimum absolute atomic E-state index is 0.133. The maximum Gasteiger partial charge on any atom is 0.383 e. The highest BCUT2D eigenvalue weighted by atomic mass is 16.5. The monoisotopic (exact) mass is 610 g/mol. The summed E-state index contributed by atoms with van der Waals surface area (Å²) in [4.78, 5) is 13.1. The third kappa shape index (κ3) is 15.3. The molecule has 0 bridgehead atoms. The van der Waals surface area contributed by atoms with Gasteiger partial charge in [-0.2, -0.15) is 0 Å². The molecule has 0 aliphatic carbocycles. The summed E-state index contributed by atoms with van der Waals surface area (Å²) in [5, 5.41) is 0.686. The highest BCUT2D eigenvalue weighted by Gasteiger charge is 2.21. The normalized spacial score (nSPS) is 11.6. The van der Waals surface area contributed by atoms with Gasteiger partial charge in [-0.25, -0.2) is 4.79 Å². The van der Waals surface area contributed by atoms with Crippen LogP contribution in [0.15, 0.2) is 50.7 Å². The molecule has 44 heavy (non-hydrogen) atoms. The molecule has 0 saturated heterocycles. The quantitative estimate of drug-likeness (QED) is 0.0602.